The minimum Gasteiger partial charge on any atom is -0.454 e. The third-order valence-electron chi connectivity index (χ3n) is 4.49. The summed E-state index contributed by atoms with van der Waals surface area (Å²) in [4.78, 5) is 14.5. The van der Waals surface area contributed by atoms with Crippen molar-refractivity contribution in [3.8, 4) is 11.5 Å². The second-order valence-corrected chi connectivity index (χ2v) is 8.43. The zero-order valence-electron chi connectivity index (χ0n) is 15.3. The Labute approximate surface area is 159 Å². The Morgan fingerprint density at radius 3 is 2.70 bits per heavy atom. The lowest BCUT2D eigenvalue weighted by Gasteiger charge is -2.27. The summed E-state index contributed by atoms with van der Waals surface area (Å²) in [6.45, 7) is 5.60. The van der Waals surface area contributed by atoms with Crippen LogP contribution >= 0.6 is 0 Å². The number of carbonyl (C=O) groups excluding carboxylic acids is 1. The topological polar surface area (TPSA) is 97.4 Å². The first-order valence-corrected chi connectivity index (χ1v) is 10.6. The van der Waals surface area contributed by atoms with Crippen LogP contribution in [0.3, 0.4) is 0 Å². The van der Waals surface area contributed by atoms with Crippen molar-refractivity contribution in [2.75, 3.05) is 62.8 Å². The van der Waals surface area contributed by atoms with E-state index in [-0.39, 0.29) is 25.0 Å². The molecule has 10 heteroatoms. The predicted molar refractivity (Wildman–Crippen MR) is 99.6 cm³/mol. The summed E-state index contributed by atoms with van der Waals surface area (Å²) >= 11 is 0. The first-order valence-electron chi connectivity index (χ1n) is 8.96. The van der Waals surface area contributed by atoms with Crippen LogP contribution in [0.25, 0.3) is 0 Å². The van der Waals surface area contributed by atoms with Gasteiger partial charge >= 0.3 is 0 Å². The summed E-state index contributed by atoms with van der Waals surface area (Å²) in [6.07, 6.45) is 0. The largest absolute Gasteiger partial charge is 0.454 e. The number of rotatable bonds is 8. The van der Waals surface area contributed by atoms with Crippen LogP contribution in [0.2, 0.25) is 0 Å². The van der Waals surface area contributed by atoms with Gasteiger partial charge in [0, 0.05) is 32.2 Å². The quantitative estimate of drug-likeness (QED) is 0.658. The van der Waals surface area contributed by atoms with Crippen LogP contribution in [0.1, 0.15) is 6.92 Å². The van der Waals surface area contributed by atoms with E-state index in [0.29, 0.717) is 43.5 Å². The molecular weight excluding hydrogens is 374 g/mol. The lowest BCUT2D eigenvalue weighted by Crippen LogP contribution is -2.45. The van der Waals surface area contributed by atoms with Crippen molar-refractivity contribution < 1.29 is 27.4 Å². The van der Waals surface area contributed by atoms with Crippen LogP contribution in [0.15, 0.2) is 18.2 Å². The first-order chi connectivity index (χ1) is 13.0. The van der Waals surface area contributed by atoms with Gasteiger partial charge in [0.25, 0.3) is 0 Å². The van der Waals surface area contributed by atoms with E-state index in [9.17, 15) is 13.2 Å². The van der Waals surface area contributed by atoms with Gasteiger partial charge in [-0.05, 0) is 19.1 Å². The molecule has 0 aromatic heterocycles. The molecule has 0 atom stereocenters. The highest BCUT2D eigenvalue weighted by Crippen LogP contribution is 2.36. The van der Waals surface area contributed by atoms with Crippen LogP contribution in [0.4, 0.5) is 5.69 Å². The van der Waals surface area contributed by atoms with Crippen molar-refractivity contribution in [2.24, 2.45) is 0 Å². The summed E-state index contributed by atoms with van der Waals surface area (Å²) in [7, 11) is -3.62. The van der Waals surface area contributed by atoms with Crippen molar-refractivity contribution in [2.45, 2.75) is 6.92 Å². The van der Waals surface area contributed by atoms with Gasteiger partial charge in [-0.3, -0.25) is 14.0 Å². The highest BCUT2D eigenvalue weighted by Gasteiger charge is 2.25. The molecule has 1 saturated heterocycles. The molecule has 0 bridgehead atoms. The van der Waals surface area contributed by atoms with Crippen molar-refractivity contribution in [1.82, 2.24) is 10.2 Å². The van der Waals surface area contributed by atoms with Gasteiger partial charge in [-0.2, -0.15) is 0 Å². The van der Waals surface area contributed by atoms with Crippen LogP contribution in [-0.2, 0) is 19.6 Å². The average molecular weight is 399 g/mol. The maximum absolute atomic E-state index is 12.5. The predicted octanol–water partition coefficient (Wildman–Crippen LogP) is 0.0198. The number of amides is 1. The molecule has 27 heavy (non-hydrogen) atoms. The number of ether oxygens (including phenoxy) is 3. The van der Waals surface area contributed by atoms with Gasteiger partial charge in [-0.15, -0.1) is 0 Å². The lowest BCUT2D eigenvalue weighted by molar-refractivity contribution is -0.119. The molecule has 150 valence electrons. The summed E-state index contributed by atoms with van der Waals surface area (Å²) in [6, 6.07) is 4.84. The first kappa shape index (κ1) is 19.7. The molecule has 2 aliphatic rings. The van der Waals surface area contributed by atoms with Gasteiger partial charge in [-0.25, -0.2) is 8.42 Å². The molecule has 1 N–H and O–H groups in total. The normalized spacial score (nSPS) is 16.9. The zero-order chi connectivity index (χ0) is 19.3. The zero-order valence-corrected chi connectivity index (χ0v) is 16.2. The molecule has 3 rings (SSSR count). The van der Waals surface area contributed by atoms with E-state index in [1.54, 1.807) is 25.1 Å². The number of anilines is 1. The van der Waals surface area contributed by atoms with E-state index in [2.05, 4.69) is 10.2 Å². The minimum atomic E-state index is -3.62. The van der Waals surface area contributed by atoms with E-state index >= 15 is 0 Å². The number of nitrogens with zero attached hydrogens (tertiary/aromatic N) is 2. The molecule has 0 aliphatic carbocycles. The number of morpholine rings is 1. The van der Waals surface area contributed by atoms with Gasteiger partial charge < -0.3 is 19.5 Å². The maximum atomic E-state index is 12.5. The molecule has 0 saturated carbocycles. The van der Waals surface area contributed by atoms with Gasteiger partial charge in [0.15, 0.2) is 11.5 Å². The monoisotopic (exact) mass is 399 g/mol. The lowest BCUT2D eigenvalue weighted by atomic mass is 10.3. The van der Waals surface area contributed by atoms with Crippen LogP contribution in [0, 0.1) is 0 Å². The Morgan fingerprint density at radius 1 is 1.22 bits per heavy atom. The molecule has 0 spiro atoms. The number of nitrogens with one attached hydrogen (secondary N) is 1. The van der Waals surface area contributed by atoms with Gasteiger partial charge in [0.1, 0.15) is 6.54 Å². The van der Waals surface area contributed by atoms with Crippen molar-refractivity contribution in [1.29, 1.82) is 0 Å². The second-order valence-electron chi connectivity index (χ2n) is 6.25. The molecule has 2 aliphatic heterocycles. The van der Waals surface area contributed by atoms with Crippen LogP contribution < -0.4 is 19.1 Å². The van der Waals surface area contributed by atoms with E-state index in [1.165, 1.54) is 0 Å². The van der Waals surface area contributed by atoms with Gasteiger partial charge in [0.2, 0.25) is 22.7 Å². The molecule has 0 unspecified atom stereocenters. The van der Waals surface area contributed by atoms with Crippen LogP contribution in [0.5, 0.6) is 11.5 Å². The number of hydrogen-bond acceptors (Lipinski definition) is 7. The molecule has 1 aromatic rings. The number of carbonyl (C=O) groups is 1. The Hall–Kier alpha value is -2.04. The standard InChI is InChI=1S/C17H25N3O6S/c1-2-27(22,23)20(14-3-4-15-16(11-14)26-13-25-15)12-17(21)18-5-6-19-7-9-24-10-8-19/h3-4,11H,2,5-10,12-13H2,1H3,(H,18,21). The molecule has 0 radical (unpaired) electrons. The minimum absolute atomic E-state index is 0.0986. The Morgan fingerprint density at radius 2 is 1.96 bits per heavy atom. The summed E-state index contributed by atoms with van der Waals surface area (Å²) in [5, 5.41) is 2.80. The number of fused-ring (bicyclic) bond motifs is 1. The maximum Gasteiger partial charge on any atom is 0.240 e. The fraction of sp³-hybridized carbons (Fsp3) is 0.588. The molecule has 1 fully saturated rings. The molecule has 1 aromatic carbocycles. The smallest absolute Gasteiger partial charge is 0.240 e. The van der Waals surface area contributed by atoms with Crippen LogP contribution in [-0.4, -0.2) is 77.7 Å². The summed E-state index contributed by atoms with van der Waals surface area (Å²) in [5.74, 6) is 0.569. The van der Waals surface area contributed by atoms with Crippen molar-refractivity contribution >= 4 is 21.6 Å². The van der Waals surface area contributed by atoms with Gasteiger partial charge in [-0.1, -0.05) is 0 Å². The highest BCUT2D eigenvalue weighted by molar-refractivity contribution is 7.92. The van der Waals surface area contributed by atoms with E-state index in [1.807, 2.05) is 0 Å². The molecule has 1 amide bonds. The fourth-order valence-electron chi connectivity index (χ4n) is 2.91. The van der Waals surface area contributed by atoms with E-state index in [4.69, 9.17) is 14.2 Å². The Kier molecular flexibility index (Phi) is 6.40. The van der Waals surface area contributed by atoms with Gasteiger partial charge in [0.05, 0.1) is 24.7 Å². The summed E-state index contributed by atoms with van der Waals surface area (Å²) < 4.78 is 42.0. The molecular formula is C17H25N3O6S. The van der Waals surface area contributed by atoms with Crippen molar-refractivity contribution in [3.63, 3.8) is 0 Å². The van der Waals surface area contributed by atoms with Crippen molar-refractivity contribution in [3.05, 3.63) is 18.2 Å². The third-order valence-corrected chi connectivity index (χ3v) is 6.23. The van der Waals surface area contributed by atoms with E-state index in [0.717, 1.165) is 17.4 Å². The molecule has 2 heterocycles. The molecule has 9 nitrogen and oxygen atoms in total. The summed E-state index contributed by atoms with van der Waals surface area (Å²) in [5.41, 5.74) is 0.379. The third kappa shape index (κ3) is 5.02. The highest BCUT2D eigenvalue weighted by atomic mass is 32.2. The fourth-order valence-corrected chi connectivity index (χ4v) is 3.97. The Balaban J connectivity index is 1.62. The Bertz CT molecular complexity index is 764. The van der Waals surface area contributed by atoms with E-state index < -0.39 is 10.0 Å². The number of sulfonamides is 1. The number of benzene rings is 1. The number of hydrogen-bond donors (Lipinski definition) is 1. The SMILES string of the molecule is CCS(=O)(=O)N(CC(=O)NCCN1CCOCC1)c1ccc2c(c1)OCO2. The second kappa shape index (κ2) is 8.77. The average Bonchev–Trinajstić information content (AvgIpc) is 3.14.